The number of Topliss-reactive ketones (excluding diaryl/α,β-unsaturated/α-hetero) is 1. The van der Waals surface area contributed by atoms with Crippen LogP contribution in [0.15, 0.2) is 29.3 Å². The fourth-order valence-electron chi connectivity index (χ4n) is 3.21. The molecule has 1 saturated heterocycles. The van der Waals surface area contributed by atoms with Crippen LogP contribution in [0.1, 0.15) is 26.4 Å². The largest absolute Gasteiger partial charge is 0.507 e. The lowest BCUT2D eigenvalue weighted by Crippen LogP contribution is -3.12. The van der Waals surface area contributed by atoms with Gasteiger partial charge >= 0.3 is 0 Å². The third kappa shape index (κ3) is 3.08. The molecule has 1 fully saturated rings. The second-order valence-corrected chi connectivity index (χ2v) is 7.33. The molecule has 0 unspecified atom stereocenters. The minimum atomic E-state index is -0.124. The van der Waals surface area contributed by atoms with E-state index in [-0.39, 0.29) is 11.5 Å². The predicted octanol–water partition coefficient (Wildman–Crippen LogP) is 1.79. The Morgan fingerprint density at radius 2 is 2.08 bits per heavy atom. The van der Waals surface area contributed by atoms with E-state index >= 15 is 0 Å². The smallest absolute Gasteiger partial charge is 0.232 e. The van der Waals surface area contributed by atoms with E-state index in [1.165, 1.54) is 4.90 Å². The lowest BCUT2D eigenvalue weighted by atomic mass is 10.0. The second-order valence-electron chi connectivity index (χ2n) is 6.39. The van der Waals surface area contributed by atoms with E-state index in [4.69, 9.17) is 9.47 Å². The summed E-state index contributed by atoms with van der Waals surface area (Å²) < 4.78 is 11.3. The molecule has 2 aliphatic heterocycles. The molecule has 0 spiro atoms. The van der Waals surface area contributed by atoms with Crippen LogP contribution < -0.4 is 9.64 Å². The summed E-state index contributed by atoms with van der Waals surface area (Å²) in [6, 6.07) is 5.25. The van der Waals surface area contributed by atoms with E-state index in [9.17, 15) is 9.90 Å². The van der Waals surface area contributed by atoms with Crippen molar-refractivity contribution in [2.75, 3.05) is 26.3 Å². The average molecular weight is 358 g/mol. The maximum Gasteiger partial charge on any atom is 0.232 e. The number of carbonyl (C=O) groups is 1. The first kappa shape index (κ1) is 16.3. The number of aryl methyl sites for hydroxylation is 1. The summed E-state index contributed by atoms with van der Waals surface area (Å²) in [5, 5.41) is 12.3. The number of quaternary nitrogens is 1. The Labute approximate surface area is 150 Å². The molecule has 0 saturated carbocycles. The minimum Gasteiger partial charge on any atom is -0.507 e. The molecule has 0 radical (unpaired) electrons. The van der Waals surface area contributed by atoms with Gasteiger partial charge in [0.1, 0.15) is 25.4 Å². The predicted molar refractivity (Wildman–Crippen MR) is 95.3 cm³/mol. The summed E-state index contributed by atoms with van der Waals surface area (Å²) >= 11 is 1.58. The van der Waals surface area contributed by atoms with Crippen LogP contribution in [-0.2, 0) is 11.3 Å². The van der Waals surface area contributed by atoms with Crippen LogP contribution in [0.2, 0.25) is 0 Å². The van der Waals surface area contributed by atoms with Crippen molar-refractivity contribution in [3.63, 3.8) is 0 Å². The summed E-state index contributed by atoms with van der Waals surface area (Å²) in [6.45, 7) is 5.83. The summed E-state index contributed by atoms with van der Waals surface area (Å²) in [4.78, 5) is 15.0. The van der Waals surface area contributed by atoms with Gasteiger partial charge in [-0.05, 0) is 36.1 Å². The Hall–Kier alpha value is -2.15. The number of phenolic OH excluding ortho intramolecular Hbond substituents is 1. The summed E-state index contributed by atoms with van der Waals surface area (Å²) in [5.41, 5.74) is 2.35. The number of benzene rings is 1. The van der Waals surface area contributed by atoms with E-state index in [0.29, 0.717) is 42.4 Å². The standard InChI is InChI=1S/C19H19NO4S/c1-12-4-9-25-17(12)10-16-18(22)13-2-3-15(21)14(19(13)24-16)11-20-5-7-23-8-6-20/h2-4,9-10,21H,5-8,11H2,1H3/p+1/b16-10-. The Kier molecular flexibility index (Phi) is 4.33. The monoisotopic (exact) mass is 358 g/mol. The van der Waals surface area contributed by atoms with Gasteiger partial charge in [0.25, 0.3) is 0 Å². The average Bonchev–Trinajstić information content (AvgIpc) is 3.16. The lowest BCUT2D eigenvalue weighted by Gasteiger charge is -2.24. The van der Waals surface area contributed by atoms with Gasteiger partial charge in [-0.15, -0.1) is 11.3 Å². The number of hydrogen-bond donors (Lipinski definition) is 2. The molecule has 25 heavy (non-hydrogen) atoms. The maximum atomic E-state index is 12.7. The Balaban J connectivity index is 1.67. The topological polar surface area (TPSA) is 60.2 Å². The number of ketones is 1. The van der Waals surface area contributed by atoms with Crippen molar-refractivity contribution in [2.24, 2.45) is 0 Å². The van der Waals surface area contributed by atoms with E-state index < -0.39 is 0 Å². The van der Waals surface area contributed by atoms with Crippen LogP contribution in [-0.4, -0.2) is 37.2 Å². The van der Waals surface area contributed by atoms with Crippen molar-refractivity contribution in [3.05, 3.63) is 50.9 Å². The number of carbonyl (C=O) groups excluding carboxylic acids is 1. The first-order chi connectivity index (χ1) is 12.1. The minimum absolute atomic E-state index is 0.124. The van der Waals surface area contributed by atoms with Gasteiger partial charge in [-0.2, -0.15) is 0 Å². The molecule has 130 valence electrons. The number of fused-ring (bicyclic) bond motifs is 1. The van der Waals surface area contributed by atoms with Gasteiger partial charge in [0.05, 0.1) is 24.3 Å². The van der Waals surface area contributed by atoms with Crippen LogP contribution in [0.4, 0.5) is 0 Å². The molecule has 4 rings (SSSR count). The molecule has 0 atom stereocenters. The highest BCUT2D eigenvalue weighted by Crippen LogP contribution is 2.39. The van der Waals surface area contributed by atoms with Gasteiger partial charge in [-0.1, -0.05) is 0 Å². The highest BCUT2D eigenvalue weighted by Gasteiger charge is 2.33. The van der Waals surface area contributed by atoms with Gasteiger partial charge in [-0.3, -0.25) is 4.79 Å². The van der Waals surface area contributed by atoms with Gasteiger partial charge in [0.15, 0.2) is 11.5 Å². The SMILES string of the molecule is Cc1ccsc1/C=C1\Oc2c(ccc(O)c2C[NH+]2CCOCC2)C1=O. The van der Waals surface area contributed by atoms with Crippen LogP contribution >= 0.6 is 11.3 Å². The fraction of sp³-hybridized carbons (Fsp3) is 0.316. The molecule has 3 heterocycles. The zero-order valence-electron chi connectivity index (χ0n) is 14.0. The molecule has 1 aromatic carbocycles. The van der Waals surface area contributed by atoms with Gasteiger partial charge < -0.3 is 19.5 Å². The third-order valence-electron chi connectivity index (χ3n) is 4.71. The summed E-state index contributed by atoms with van der Waals surface area (Å²) in [7, 11) is 0. The highest BCUT2D eigenvalue weighted by molar-refractivity contribution is 7.11. The van der Waals surface area contributed by atoms with E-state index in [1.807, 2.05) is 18.4 Å². The molecular weight excluding hydrogens is 338 g/mol. The molecule has 5 nitrogen and oxygen atoms in total. The molecule has 1 aromatic heterocycles. The third-order valence-corrected chi connectivity index (χ3v) is 5.67. The molecule has 2 aliphatic rings. The molecule has 6 heteroatoms. The number of hydrogen-bond acceptors (Lipinski definition) is 5. The van der Waals surface area contributed by atoms with Crippen molar-refractivity contribution >= 4 is 23.2 Å². The van der Waals surface area contributed by atoms with Crippen LogP contribution in [0.25, 0.3) is 6.08 Å². The zero-order chi connectivity index (χ0) is 17.4. The van der Waals surface area contributed by atoms with Crippen molar-refractivity contribution < 1.29 is 24.3 Å². The molecule has 0 bridgehead atoms. The van der Waals surface area contributed by atoms with Crippen molar-refractivity contribution in [1.82, 2.24) is 0 Å². The molecule has 0 aliphatic carbocycles. The summed E-state index contributed by atoms with van der Waals surface area (Å²) in [6.07, 6.45) is 1.80. The normalized spacial score (nSPS) is 19.2. The van der Waals surface area contributed by atoms with Crippen molar-refractivity contribution in [1.29, 1.82) is 0 Å². The van der Waals surface area contributed by atoms with E-state index in [2.05, 4.69) is 0 Å². The Bertz CT molecular complexity index is 849. The number of morpholine rings is 1. The van der Waals surface area contributed by atoms with E-state index in [0.717, 1.165) is 23.5 Å². The van der Waals surface area contributed by atoms with Crippen molar-refractivity contribution in [2.45, 2.75) is 13.5 Å². The Morgan fingerprint density at radius 1 is 1.28 bits per heavy atom. The first-order valence-corrected chi connectivity index (χ1v) is 9.26. The second kappa shape index (κ2) is 6.63. The fourth-order valence-corrected chi connectivity index (χ4v) is 4.05. The maximum absolute atomic E-state index is 12.7. The number of allylic oxidation sites excluding steroid dienone is 1. The van der Waals surface area contributed by atoms with E-state index in [1.54, 1.807) is 29.5 Å². The van der Waals surface area contributed by atoms with Gasteiger partial charge in [0, 0.05) is 11.0 Å². The first-order valence-electron chi connectivity index (χ1n) is 8.38. The lowest BCUT2D eigenvalue weighted by molar-refractivity contribution is -0.921. The van der Waals surface area contributed by atoms with Crippen LogP contribution in [0.3, 0.4) is 0 Å². The molecule has 2 N–H and O–H groups in total. The number of ether oxygens (including phenoxy) is 2. The molecular formula is C19H20NO4S+. The number of rotatable bonds is 3. The van der Waals surface area contributed by atoms with Crippen LogP contribution in [0.5, 0.6) is 11.5 Å². The number of aromatic hydroxyl groups is 1. The quantitative estimate of drug-likeness (QED) is 0.822. The van der Waals surface area contributed by atoms with Gasteiger partial charge in [0.2, 0.25) is 5.78 Å². The molecule has 0 amide bonds. The van der Waals surface area contributed by atoms with Gasteiger partial charge in [-0.25, -0.2) is 0 Å². The molecule has 2 aromatic rings. The van der Waals surface area contributed by atoms with Crippen molar-refractivity contribution in [3.8, 4) is 11.5 Å². The number of thiophene rings is 1. The number of phenols is 1. The number of nitrogens with one attached hydrogen (secondary N) is 1. The summed E-state index contributed by atoms with van der Waals surface area (Å²) in [5.74, 6) is 0.883. The Morgan fingerprint density at radius 3 is 2.80 bits per heavy atom. The highest BCUT2D eigenvalue weighted by atomic mass is 32.1. The van der Waals surface area contributed by atoms with Crippen LogP contribution in [0, 0.1) is 6.92 Å². The zero-order valence-corrected chi connectivity index (χ0v) is 14.8.